The molecule has 1 fully saturated rings. The lowest BCUT2D eigenvalue weighted by molar-refractivity contribution is -0.127. The minimum atomic E-state index is 0.0214. The smallest absolute Gasteiger partial charge is 0.223 e. The van der Waals surface area contributed by atoms with Crippen LogP contribution >= 0.6 is 23.2 Å². The number of rotatable bonds is 5. The number of likely N-dealkylation sites (tertiary alicyclic amines) is 1. The number of halogens is 2. The second-order valence-electron chi connectivity index (χ2n) is 7.84. The van der Waals surface area contributed by atoms with Crippen molar-refractivity contribution in [3.8, 4) is 0 Å². The van der Waals surface area contributed by atoms with Gasteiger partial charge in [0, 0.05) is 28.1 Å². The fraction of sp³-hybridized carbons (Fsp3) is 0.435. The highest BCUT2D eigenvalue weighted by Gasteiger charge is 2.26. The lowest BCUT2D eigenvalue weighted by Crippen LogP contribution is -2.41. The Morgan fingerprint density at radius 3 is 2.39 bits per heavy atom. The Hall–Kier alpha value is -1.55. The van der Waals surface area contributed by atoms with E-state index in [1.807, 2.05) is 18.2 Å². The summed E-state index contributed by atoms with van der Waals surface area (Å²) in [7, 11) is 0. The van der Waals surface area contributed by atoms with E-state index in [2.05, 4.69) is 49.2 Å². The maximum absolute atomic E-state index is 12.8. The standard InChI is InChI=1S/C23H28Cl2N2O/c1-15-7-8-19(16(2)13-15)17(3)26-23(28)18-9-11-27(12-10-18)14-20-21(24)5-4-6-22(20)25/h4-8,13,17-18H,9-12,14H2,1-3H3,(H,26,28)/t17-/m1/s1. The number of benzene rings is 2. The third-order valence-electron chi connectivity index (χ3n) is 5.65. The molecule has 1 heterocycles. The van der Waals surface area contributed by atoms with Crippen molar-refractivity contribution in [3.05, 3.63) is 68.7 Å². The summed E-state index contributed by atoms with van der Waals surface area (Å²) in [6, 6.07) is 12.0. The van der Waals surface area contributed by atoms with Gasteiger partial charge in [-0.25, -0.2) is 0 Å². The van der Waals surface area contributed by atoms with Gasteiger partial charge in [0.25, 0.3) is 0 Å². The number of carbonyl (C=O) groups excluding carboxylic acids is 1. The molecular weight excluding hydrogens is 391 g/mol. The summed E-state index contributed by atoms with van der Waals surface area (Å²) in [5.74, 6) is 0.217. The van der Waals surface area contributed by atoms with Crippen LogP contribution in [0.5, 0.6) is 0 Å². The number of aryl methyl sites for hydroxylation is 2. The average Bonchev–Trinajstić information content (AvgIpc) is 2.65. The van der Waals surface area contributed by atoms with Crippen LogP contribution in [0.3, 0.4) is 0 Å². The molecule has 1 aliphatic heterocycles. The first-order valence-corrected chi connectivity index (χ1v) is 10.6. The molecule has 1 aliphatic rings. The van der Waals surface area contributed by atoms with Crippen molar-refractivity contribution in [3.63, 3.8) is 0 Å². The lowest BCUT2D eigenvalue weighted by Gasteiger charge is -2.32. The molecule has 2 aromatic rings. The normalized spacial score (nSPS) is 16.8. The molecule has 1 saturated heterocycles. The molecule has 0 radical (unpaired) electrons. The Bertz CT molecular complexity index is 824. The van der Waals surface area contributed by atoms with E-state index in [9.17, 15) is 4.79 Å². The molecule has 3 nitrogen and oxygen atoms in total. The Labute approximate surface area is 178 Å². The summed E-state index contributed by atoms with van der Waals surface area (Å²) in [4.78, 5) is 15.1. The van der Waals surface area contributed by atoms with Crippen LogP contribution in [0, 0.1) is 19.8 Å². The Morgan fingerprint density at radius 2 is 1.79 bits per heavy atom. The van der Waals surface area contributed by atoms with Gasteiger partial charge in [-0.3, -0.25) is 9.69 Å². The van der Waals surface area contributed by atoms with Gasteiger partial charge in [0.15, 0.2) is 0 Å². The molecule has 0 aliphatic carbocycles. The van der Waals surface area contributed by atoms with Gasteiger partial charge in [-0.1, -0.05) is 53.0 Å². The molecule has 1 N–H and O–H groups in total. The first kappa shape index (κ1) is 21.2. The fourth-order valence-electron chi connectivity index (χ4n) is 3.98. The highest BCUT2D eigenvalue weighted by Crippen LogP contribution is 2.28. The zero-order valence-corrected chi connectivity index (χ0v) is 18.3. The van der Waals surface area contributed by atoms with Crippen LogP contribution in [0.25, 0.3) is 0 Å². The van der Waals surface area contributed by atoms with E-state index in [0.29, 0.717) is 10.0 Å². The van der Waals surface area contributed by atoms with Crippen molar-refractivity contribution in [1.29, 1.82) is 0 Å². The van der Waals surface area contributed by atoms with Gasteiger partial charge >= 0.3 is 0 Å². The number of nitrogens with one attached hydrogen (secondary N) is 1. The third kappa shape index (κ3) is 5.08. The van der Waals surface area contributed by atoms with E-state index in [4.69, 9.17) is 23.2 Å². The predicted octanol–water partition coefficient (Wildman–Crippen LogP) is 5.70. The van der Waals surface area contributed by atoms with E-state index in [1.54, 1.807) is 0 Å². The zero-order valence-electron chi connectivity index (χ0n) is 16.8. The van der Waals surface area contributed by atoms with Crippen molar-refractivity contribution in [2.45, 2.75) is 46.2 Å². The summed E-state index contributed by atoms with van der Waals surface area (Å²) in [6.07, 6.45) is 1.71. The number of hydrogen-bond donors (Lipinski definition) is 1. The van der Waals surface area contributed by atoms with Gasteiger partial charge in [-0.2, -0.15) is 0 Å². The molecule has 0 aromatic heterocycles. The average molecular weight is 419 g/mol. The molecule has 28 heavy (non-hydrogen) atoms. The third-order valence-corrected chi connectivity index (χ3v) is 6.36. The van der Waals surface area contributed by atoms with Gasteiger partial charge in [0.1, 0.15) is 0 Å². The highest BCUT2D eigenvalue weighted by atomic mass is 35.5. The summed E-state index contributed by atoms with van der Waals surface area (Å²) in [5.41, 5.74) is 4.62. The van der Waals surface area contributed by atoms with Crippen LogP contribution in [0.4, 0.5) is 0 Å². The monoisotopic (exact) mass is 418 g/mol. The summed E-state index contributed by atoms with van der Waals surface area (Å²) in [6.45, 7) is 8.72. The Balaban J connectivity index is 1.53. The van der Waals surface area contributed by atoms with E-state index < -0.39 is 0 Å². The van der Waals surface area contributed by atoms with Crippen molar-refractivity contribution in [2.75, 3.05) is 13.1 Å². The predicted molar refractivity (Wildman–Crippen MR) is 117 cm³/mol. The lowest BCUT2D eigenvalue weighted by atomic mass is 9.94. The van der Waals surface area contributed by atoms with Gasteiger partial charge in [-0.05, 0) is 70.0 Å². The minimum absolute atomic E-state index is 0.0214. The van der Waals surface area contributed by atoms with Crippen LogP contribution in [-0.2, 0) is 11.3 Å². The molecule has 2 aromatic carbocycles. The molecule has 1 atom stereocenters. The molecular formula is C23H28Cl2N2O. The molecule has 0 unspecified atom stereocenters. The maximum Gasteiger partial charge on any atom is 0.223 e. The van der Waals surface area contributed by atoms with E-state index >= 15 is 0 Å². The second kappa shape index (κ2) is 9.30. The van der Waals surface area contributed by atoms with Crippen LogP contribution in [0.2, 0.25) is 10.0 Å². The summed E-state index contributed by atoms with van der Waals surface area (Å²) >= 11 is 12.6. The number of hydrogen-bond acceptors (Lipinski definition) is 2. The Kier molecular flexibility index (Phi) is 7.03. The largest absolute Gasteiger partial charge is 0.349 e. The van der Waals surface area contributed by atoms with Gasteiger partial charge in [-0.15, -0.1) is 0 Å². The molecule has 0 spiro atoms. The number of carbonyl (C=O) groups is 1. The van der Waals surface area contributed by atoms with E-state index in [1.165, 1.54) is 16.7 Å². The number of amides is 1. The van der Waals surface area contributed by atoms with Crippen LogP contribution < -0.4 is 5.32 Å². The van der Waals surface area contributed by atoms with Gasteiger partial charge < -0.3 is 5.32 Å². The summed E-state index contributed by atoms with van der Waals surface area (Å²) < 4.78 is 0. The Morgan fingerprint density at radius 1 is 1.14 bits per heavy atom. The topological polar surface area (TPSA) is 32.3 Å². The van der Waals surface area contributed by atoms with Crippen LogP contribution in [-0.4, -0.2) is 23.9 Å². The molecule has 1 amide bonds. The van der Waals surface area contributed by atoms with Crippen LogP contribution in [0.1, 0.15) is 48.1 Å². The molecule has 0 saturated carbocycles. The van der Waals surface area contributed by atoms with E-state index in [-0.39, 0.29) is 17.9 Å². The fourth-order valence-corrected chi connectivity index (χ4v) is 4.50. The van der Waals surface area contributed by atoms with Crippen molar-refractivity contribution in [1.82, 2.24) is 10.2 Å². The first-order valence-electron chi connectivity index (χ1n) is 9.88. The van der Waals surface area contributed by atoms with E-state index in [0.717, 1.165) is 38.0 Å². The van der Waals surface area contributed by atoms with Crippen LogP contribution in [0.15, 0.2) is 36.4 Å². The van der Waals surface area contributed by atoms with Gasteiger partial charge in [0.2, 0.25) is 5.91 Å². The highest BCUT2D eigenvalue weighted by molar-refractivity contribution is 6.35. The number of nitrogens with zero attached hydrogens (tertiary/aromatic N) is 1. The van der Waals surface area contributed by atoms with Crippen molar-refractivity contribution < 1.29 is 4.79 Å². The van der Waals surface area contributed by atoms with Gasteiger partial charge in [0.05, 0.1) is 6.04 Å². The molecule has 3 rings (SSSR count). The second-order valence-corrected chi connectivity index (χ2v) is 8.66. The molecule has 5 heteroatoms. The van der Waals surface area contributed by atoms with Crippen molar-refractivity contribution >= 4 is 29.1 Å². The number of piperidine rings is 1. The maximum atomic E-state index is 12.8. The zero-order chi connectivity index (χ0) is 20.3. The van der Waals surface area contributed by atoms with Crippen molar-refractivity contribution in [2.24, 2.45) is 5.92 Å². The summed E-state index contributed by atoms with van der Waals surface area (Å²) in [5, 5.41) is 4.62. The SMILES string of the molecule is Cc1ccc([C@@H](C)NC(=O)C2CCN(Cc3c(Cl)cccc3Cl)CC2)c(C)c1. The molecule has 150 valence electrons. The first-order chi connectivity index (χ1) is 13.3. The quantitative estimate of drug-likeness (QED) is 0.674. The molecule has 0 bridgehead atoms. The minimum Gasteiger partial charge on any atom is -0.349 e.